The molecule has 1 saturated heterocycles. The molecular formula is C22H19BrN2O4S3. The number of H-pyrrole nitrogens is 1. The Kier molecular flexibility index (Phi) is 4.95. The van der Waals surface area contributed by atoms with E-state index in [0.717, 1.165) is 24.8 Å². The maximum atomic E-state index is 13.3. The lowest BCUT2D eigenvalue weighted by Gasteiger charge is -2.43. The molecule has 6 nitrogen and oxygen atoms in total. The number of esters is 1. The van der Waals surface area contributed by atoms with E-state index < -0.39 is 5.97 Å². The number of thioether (sulfide) groups is 1. The van der Waals surface area contributed by atoms with Gasteiger partial charge in [0.05, 0.1) is 24.0 Å². The summed E-state index contributed by atoms with van der Waals surface area (Å²) in [7, 11) is 1.27. The number of likely N-dealkylation sites (tertiary alicyclic amines) is 1. The van der Waals surface area contributed by atoms with Crippen LogP contribution in [-0.4, -0.2) is 46.6 Å². The number of halogens is 1. The molecule has 0 radical (unpaired) electrons. The molecule has 1 N–H and O–H groups in total. The van der Waals surface area contributed by atoms with E-state index in [4.69, 9.17) is 17.0 Å². The number of aromatic amines is 1. The lowest BCUT2D eigenvalue weighted by Crippen LogP contribution is -2.42. The minimum Gasteiger partial charge on any atom is -0.468 e. The summed E-state index contributed by atoms with van der Waals surface area (Å²) in [5.74, 6) is -1.04. The first kappa shape index (κ1) is 21.1. The molecule has 2 aromatic rings. The standard InChI is InChI=1S/C22H19BrN2O4S3/c1-29-12(26)7-25-20(27)15-10-6-11(16(15)21(25)28)17-14(10)13(8-2-4-9(23)5-3-8)18-19(31-17)24-22(30)32-18/h2-5,10-11,13-17H,6-7H2,1H3,(H,24,30). The van der Waals surface area contributed by atoms with E-state index in [9.17, 15) is 14.4 Å². The molecule has 4 aliphatic rings. The molecule has 3 heterocycles. The van der Waals surface area contributed by atoms with Gasteiger partial charge in [-0.15, -0.1) is 23.1 Å². The maximum Gasteiger partial charge on any atom is 0.325 e. The van der Waals surface area contributed by atoms with Crippen molar-refractivity contribution in [3.63, 3.8) is 0 Å². The molecule has 7 atom stereocenters. The molecule has 32 heavy (non-hydrogen) atoms. The first-order valence-electron chi connectivity index (χ1n) is 10.5. The van der Waals surface area contributed by atoms with Crippen LogP contribution in [0.4, 0.5) is 0 Å². The van der Waals surface area contributed by atoms with Gasteiger partial charge in [0.2, 0.25) is 11.8 Å². The zero-order valence-corrected chi connectivity index (χ0v) is 21.0. The van der Waals surface area contributed by atoms with Crippen molar-refractivity contribution in [1.29, 1.82) is 0 Å². The Hall–Kier alpha value is -1.49. The van der Waals surface area contributed by atoms with Crippen LogP contribution in [0.1, 0.15) is 22.8 Å². The molecule has 2 bridgehead atoms. The molecule has 3 fully saturated rings. The van der Waals surface area contributed by atoms with Crippen LogP contribution in [0.15, 0.2) is 33.8 Å². The van der Waals surface area contributed by atoms with Gasteiger partial charge < -0.3 is 9.72 Å². The Morgan fingerprint density at radius 1 is 1.22 bits per heavy atom. The van der Waals surface area contributed by atoms with Gasteiger partial charge >= 0.3 is 5.97 Å². The number of nitrogens with zero attached hydrogens (tertiary/aromatic N) is 1. The second-order valence-corrected chi connectivity index (χ2v) is 12.7. The van der Waals surface area contributed by atoms with Crippen LogP contribution in [0.5, 0.6) is 0 Å². The number of carbonyl (C=O) groups is 3. The van der Waals surface area contributed by atoms with Crippen molar-refractivity contribution in [2.24, 2.45) is 29.6 Å². The van der Waals surface area contributed by atoms with Gasteiger partial charge in [0.25, 0.3) is 0 Å². The van der Waals surface area contributed by atoms with E-state index >= 15 is 0 Å². The smallest absolute Gasteiger partial charge is 0.325 e. The second-order valence-electron chi connectivity index (χ2n) is 8.85. The van der Waals surface area contributed by atoms with Gasteiger partial charge in [0, 0.05) is 20.5 Å². The minimum absolute atomic E-state index is 0.110. The average Bonchev–Trinajstić information content (AvgIpc) is 3.50. The predicted molar refractivity (Wildman–Crippen MR) is 126 cm³/mol. The number of imide groups is 1. The quantitative estimate of drug-likeness (QED) is 0.350. The van der Waals surface area contributed by atoms with Crippen molar-refractivity contribution in [3.8, 4) is 0 Å². The Labute approximate surface area is 206 Å². The van der Waals surface area contributed by atoms with Crippen LogP contribution >= 0.6 is 51.2 Å². The van der Waals surface area contributed by atoms with Crippen molar-refractivity contribution < 1.29 is 19.1 Å². The summed E-state index contributed by atoms with van der Waals surface area (Å²) < 4.78 is 6.50. The Morgan fingerprint density at radius 3 is 2.59 bits per heavy atom. The van der Waals surface area contributed by atoms with Gasteiger partial charge in [0.1, 0.15) is 6.54 Å². The normalized spacial score (nSPS) is 34.4. The highest BCUT2D eigenvalue weighted by atomic mass is 79.9. The SMILES string of the molecule is COC(=O)CN1C(=O)C2C3CC(C2C1=O)C1C(c2ccc(Br)cc2)c2sc(=S)[nH]c2SC31. The third kappa shape index (κ3) is 2.88. The van der Waals surface area contributed by atoms with Crippen molar-refractivity contribution in [1.82, 2.24) is 9.88 Å². The lowest BCUT2D eigenvalue weighted by atomic mass is 9.68. The summed E-state index contributed by atoms with van der Waals surface area (Å²) in [5.41, 5.74) is 1.21. The molecule has 2 saturated carbocycles. The average molecular weight is 552 g/mol. The number of hydrogen-bond acceptors (Lipinski definition) is 7. The molecular weight excluding hydrogens is 532 g/mol. The van der Waals surface area contributed by atoms with Crippen LogP contribution in [0.25, 0.3) is 0 Å². The summed E-state index contributed by atoms with van der Waals surface area (Å²) in [4.78, 5) is 44.1. The number of ether oxygens (including phenoxy) is 1. The molecule has 2 amide bonds. The number of carbonyl (C=O) groups excluding carboxylic acids is 3. The van der Waals surface area contributed by atoms with Crippen molar-refractivity contribution >= 4 is 69.0 Å². The predicted octanol–water partition coefficient (Wildman–Crippen LogP) is 4.21. The third-order valence-electron chi connectivity index (χ3n) is 7.56. The van der Waals surface area contributed by atoms with Gasteiger partial charge in [-0.25, -0.2) is 0 Å². The monoisotopic (exact) mass is 550 g/mol. The summed E-state index contributed by atoms with van der Waals surface area (Å²) in [6.07, 6.45) is 0.879. The Morgan fingerprint density at radius 2 is 1.91 bits per heavy atom. The van der Waals surface area contributed by atoms with E-state index in [1.54, 1.807) is 23.1 Å². The van der Waals surface area contributed by atoms with Crippen molar-refractivity contribution in [3.05, 3.63) is 43.1 Å². The number of thiazole rings is 1. The van der Waals surface area contributed by atoms with Gasteiger partial charge in [-0.3, -0.25) is 19.3 Å². The van der Waals surface area contributed by atoms with Crippen LogP contribution in [0.3, 0.4) is 0 Å². The summed E-state index contributed by atoms with van der Waals surface area (Å²) in [6.45, 7) is -0.292. The molecule has 1 aromatic heterocycles. The fraction of sp³-hybridized carbons (Fsp3) is 0.455. The van der Waals surface area contributed by atoms with Crippen molar-refractivity contribution in [2.75, 3.05) is 13.7 Å². The fourth-order valence-electron chi connectivity index (χ4n) is 6.47. The highest BCUT2D eigenvalue weighted by Crippen LogP contribution is 2.68. The van der Waals surface area contributed by atoms with Gasteiger partial charge in [0.15, 0.2) is 3.95 Å². The number of amides is 2. The summed E-state index contributed by atoms with van der Waals surface area (Å²) in [6, 6.07) is 8.39. The van der Waals surface area contributed by atoms with E-state index in [-0.39, 0.29) is 59.1 Å². The highest BCUT2D eigenvalue weighted by Gasteiger charge is 2.69. The minimum atomic E-state index is -0.562. The van der Waals surface area contributed by atoms with Gasteiger partial charge in [-0.2, -0.15) is 0 Å². The van der Waals surface area contributed by atoms with E-state index in [1.807, 2.05) is 0 Å². The molecule has 6 rings (SSSR count). The summed E-state index contributed by atoms with van der Waals surface area (Å²) in [5, 5.41) is 1.33. The van der Waals surface area contributed by atoms with E-state index in [0.29, 0.717) is 0 Å². The van der Waals surface area contributed by atoms with Crippen LogP contribution in [0, 0.1) is 33.5 Å². The summed E-state index contributed by atoms with van der Waals surface area (Å²) >= 11 is 12.4. The van der Waals surface area contributed by atoms with Gasteiger partial charge in [-0.05, 0) is 54.1 Å². The lowest BCUT2D eigenvalue weighted by molar-refractivity contribution is -0.151. The number of methoxy groups -OCH3 is 1. The molecule has 10 heteroatoms. The first-order valence-corrected chi connectivity index (χ1v) is 13.4. The van der Waals surface area contributed by atoms with Crippen LogP contribution < -0.4 is 0 Å². The largest absolute Gasteiger partial charge is 0.468 e. The molecule has 166 valence electrons. The number of rotatable bonds is 3. The highest BCUT2D eigenvalue weighted by molar-refractivity contribution is 9.10. The zero-order chi connectivity index (χ0) is 22.3. The number of nitrogens with one attached hydrogen (secondary N) is 1. The maximum absolute atomic E-state index is 13.3. The van der Waals surface area contributed by atoms with Crippen LogP contribution in [0.2, 0.25) is 0 Å². The van der Waals surface area contributed by atoms with Crippen LogP contribution in [-0.2, 0) is 19.1 Å². The second kappa shape index (κ2) is 7.51. The fourth-order valence-corrected chi connectivity index (χ4v) is 10.1. The van der Waals surface area contributed by atoms with E-state index in [1.165, 1.54) is 17.6 Å². The van der Waals surface area contributed by atoms with E-state index in [2.05, 4.69) is 45.2 Å². The first-order chi connectivity index (χ1) is 15.4. The molecule has 2 aliphatic heterocycles. The third-order valence-corrected chi connectivity index (χ3v) is 11.0. The number of fused-ring (bicyclic) bond motifs is 9. The van der Waals surface area contributed by atoms with Crippen molar-refractivity contribution in [2.45, 2.75) is 22.6 Å². The number of hydrogen-bond donors (Lipinski definition) is 1. The zero-order valence-electron chi connectivity index (χ0n) is 16.9. The number of aromatic nitrogens is 1. The molecule has 7 unspecified atom stereocenters. The van der Waals surface area contributed by atoms with Gasteiger partial charge in [-0.1, -0.05) is 28.1 Å². The Balaban J connectivity index is 1.42. The molecule has 2 aliphatic carbocycles. The molecule has 1 aromatic carbocycles. The topological polar surface area (TPSA) is 79.5 Å². The number of benzene rings is 1. The Bertz CT molecular complexity index is 1210. The molecule has 0 spiro atoms.